The molecule has 0 spiro atoms. The average Bonchev–Trinajstić information content (AvgIpc) is 3.25. The fraction of sp³-hybridized carbons (Fsp3) is 0.576. The van der Waals surface area contributed by atoms with Crippen LogP contribution in [0.15, 0.2) is 48.5 Å². The monoisotopic (exact) mass is 600 g/mol. The van der Waals surface area contributed by atoms with Crippen LogP contribution in [0.25, 0.3) is 11.1 Å². The molecule has 232 valence electrons. The number of fused-ring (bicyclic) bond motifs is 3. The van der Waals surface area contributed by atoms with Crippen LogP contribution in [0.5, 0.6) is 0 Å². The first-order chi connectivity index (χ1) is 20.0. The van der Waals surface area contributed by atoms with Gasteiger partial charge in [-0.15, -0.1) is 0 Å². The molecule has 0 bridgehead atoms. The van der Waals surface area contributed by atoms with Crippen LogP contribution in [0.3, 0.4) is 0 Å². The molecule has 0 fully saturated rings. The Hall–Kier alpha value is -2.91. The number of benzene rings is 2. The third kappa shape index (κ3) is 10.4. The normalized spacial score (nSPS) is 13.1. The SMILES string of the molecule is CCCCCCCCCCS(=O)(=O)N(CCNC(=O)OCC1c2ccccc2-c2ccccc21)CC(=O)OC(C)(C)C. The number of esters is 1. The number of sulfonamides is 1. The van der Waals surface area contributed by atoms with Crippen molar-refractivity contribution in [2.75, 3.05) is 32.0 Å². The summed E-state index contributed by atoms with van der Waals surface area (Å²) in [7, 11) is -3.72. The Balaban J connectivity index is 1.51. The molecule has 0 aliphatic heterocycles. The van der Waals surface area contributed by atoms with E-state index in [1.807, 2.05) is 36.4 Å². The zero-order valence-electron chi connectivity index (χ0n) is 25.7. The fourth-order valence-electron chi connectivity index (χ4n) is 5.31. The average molecular weight is 601 g/mol. The second-order valence-corrected chi connectivity index (χ2v) is 14.1. The maximum Gasteiger partial charge on any atom is 0.407 e. The summed E-state index contributed by atoms with van der Waals surface area (Å²) in [4.78, 5) is 25.1. The van der Waals surface area contributed by atoms with Crippen molar-refractivity contribution >= 4 is 22.1 Å². The molecule has 3 rings (SSSR count). The Labute approximate surface area is 252 Å². The Kier molecular flexibility index (Phi) is 12.9. The minimum Gasteiger partial charge on any atom is -0.459 e. The quantitative estimate of drug-likeness (QED) is 0.161. The molecular formula is C33H48N2O6S. The van der Waals surface area contributed by atoms with E-state index in [2.05, 4.69) is 24.4 Å². The molecule has 42 heavy (non-hydrogen) atoms. The number of nitrogens with zero attached hydrogens (tertiary/aromatic N) is 1. The summed E-state index contributed by atoms with van der Waals surface area (Å²) < 4.78 is 38.4. The van der Waals surface area contributed by atoms with Crippen molar-refractivity contribution in [3.8, 4) is 11.1 Å². The van der Waals surface area contributed by atoms with Crippen molar-refractivity contribution in [2.24, 2.45) is 0 Å². The van der Waals surface area contributed by atoms with Crippen LogP contribution in [0.4, 0.5) is 4.79 Å². The van der Waals surface area contributed by atoms with Gasteiger partial charge in [0.25, 0.3) is 0 Å². The highest BCUT2D eigenvalue weighted by atomic mass is 32.2. The molecule has 0 saturated carbocycles. The van der Waals surface area contributed by atoms with E-state index in [0.717, 1.165) is 45.8 Å². The van der Waals surface area contributed by atoms with Crippen LogP contribution in [0.2, 0.25) is 0 Å². The predicted octanol–water partition coefficient (Wildman–Crippen LogP) is 6.64. The van der Waals surface area contributed by atoms with Gasteiger partial charge in [0, 0.05) is 19.0 Å². The number of rotatable bonds is 17. The van der Waals surface area contributed by atoms with E-state index in [-0.39, 0.29) is 31.4 Å². The van der Waals surface area contributed by atoms with E-state index < -0.39 is 34.2 Å². The number of amides is 1. The van der Waals surface area contributed by atoms with Crippen LogP contribution < -0.4 is 5.32 Å². The van der Waals surface area contributed by atoms with Crippen LogP contribution in [-0.4, -0.2) is 62.4 Å². The smallest absolute Gasteiger partial charge is 0.407 e. The summed E-state index contributed by atoms with van der Waals surface area (Å²) in [5.74, 6) is -0.739. The number of unbranched alkanes of at least 4 members (excludes halogenated alkanes) is 7. The minimum absolute atomic E-state index is 0.0100. The molecule has 0 atom stereocenters. The van der Waals surface area contributed by atoms with Crippen LogP contribution in [0.1, 0.15) is 96.1 Å². The van der Waals surface area contributed by atoms with Crippen LogP contribution >= 0.6 is 0 Å². The van der Waals surface area contributed by atoms with E-state index in [0.29, 0.717) is 6.42 Å². The zero-order valence-corrected chi connectivity index (χ0v) is 26.5. The van der Waals surface area contributed by atoms with Gasteiger partial charge in [0.2, 0.25) is 10.0 Å². The molecule has 0 aromatic heterocycles. The highest BCUT2D eigenvalue weighted by Crippen LogP contribution is 2.44. The molecule has 9 heteroatoms. The number of alkyl carbamates (subject to hydrolysis) is 1. The Morgan fingerprint density at radius 3 is 1.98 bits per heavy atom. The molecule has 1 aliphatic carbocycles. The second-order valence-electron chi connectivity index (χ2n) is 12.0. The molecule has 8 nitrogen and oxygen atoms in total. The molecular weight excluding hydrogens is 552 g/mol. The molecule has 1 amide bonds. The Morgan fingerprint density at radius 2 is 1.40 bits per heavy atom. The highest BCUT2D eigenvalue weighted by molar-refractivity contribution is 7.89. The molecule has 1 aliphatic rings. The Morgan fingerprint density at radius 1 is 0.857 bits per heavy atom. The van der Waals surface area contributed by atoms with Crippen molar-refractivity contribution in [2.45, 2.75) is 90.6 Å². The minimum atomic E-state index is -3.72. The van der Waals surface area contributed by atoms with Crippen molar-refractivity contribution in [3.05, 3.63) is 59.7 Å². The van der Waals surface area contributed by atoms with Crippen LogP contribution in [-0.2, 0) is 24.3 Å². The standard InChI is InChI=1S/C33H48N2O6S/c1-5-6-7-8-9-10-11-16-23-42(38,39)35(24-31(36)41-33(2,3)4)22-21-34-32(37)40-25-30-28-19-14-12-17-26(28)27-18-13-15-20-29(27)30/h12-15,17-20,30H,5-11,16,21-25H2,1-4H3,(H,34,37). The maximum absolute atomic E-state index is 13.2. The highest BCUT2D eigenvalue weighted by Gasteiger charge is 2.30. The zero-order chi connectivity index (χ0) is 30.6. The second kappa shape index (κ2) is 16.1. The number of hydrogen-bond acceptors (Lipinski definition) is 6. The summed E-state index contributed by atoms with van der Waals surface area (Å²) in [6.45, 7) is 7.12. The van der Waals surface area contributed by atoms with Gasteiger partial charge in [0.15, 0.2) is 0 Å². The van der Waals surface area contributed by atoms with E-state index in [1.54, 1.807) is 20.8 Å². The lowest BCUT2D eigenvalue weighted by Gasteiger charge is -2.25. The van der Waals surface area contributed by atoms with Crippen LogP contribution in [0, 0.1) is 0 Å². The number of ether oxygens (including phenoxy) is 2. The van der Waals surface area contributed by atoms with Gasteiger partial charge < -0.3 is 14.8 Å². The lowest BCUT2D eigenvalue weighted by Crippen LogP contribution is -2.44. The van der Waals surface area contributed by atoms with Gasteiger partial charge in [0.1, 0.15) is 18.8 Å². The summed E-state index contributed by atoms with van der Waals surface area (Å²) in [6, 6.07) is 16.2. The van der Waals surface area contributed by atoms with Gasteiger partial charge in [-0.1, -0.05) is 100 Å². The van der Waals surface area contributed by atoms with E-state index in [4.69, 9.17) is 9.47 Å². The van der Waals surface area contributed by atoms with Gasteiger partial charge in [-0.3, -0.25) is 4.79 Å². The molecule has 1 N–H and O–H groups in total. The molecule has 0 radical (unpaired) electrons. The third-order valence-corrected chi connectivity index (χ3v) is 9.25. The summed E-state index contributed by atoms with van der Waals surface area (Å²) in [6.07, 6.45) is 7.64. The van der Waals surface area contributed by atoms with Gasteiger partial charge in [-0.25, -0.2) is 13.2 Å². The number of carbonyl (C=O) groups is 2. The lowest BCUT2D eigenvalue weighted by atomic mass is 9.98. The van der Waals surface area contributed by atoms with Crippen molar-refractivity contribution < 1.29 is 27.5 Å². The fourth-order valence-corrected chi connectivity index (χ4v) is 6.81. The molecule has 2 aromatic carbocycles. The van der Waals surface area contributed by atoms with Crippen molar-refractivity contribution in [1.29, 1.82) is 0 Å². The predicted molar refractivity (Wildman–Crippen MR) is 167 cm³/mol. The summed E-state index contributed by atoms with van der Waals surface area (Å²) in [5, 5.41) is 2.66. The summed E-state index contributed by atoms with van der Waals surface area (Å²) in [5.41, 5.74) is 3.77. The Bertz CT molecular complexity index is 1230. The number of hydrogen-bond donors (Lipinski definition) is 1. The van der Waals surface area contributed by atoms with Crippen molar-refractivity contribution in [1.82, 2.24) is 9.62 Å². The molecule has 0 heterocycles. The third-order valence-electron chi connectivity index (χ3n) is 7.35. The van der Waals surface area contributed by atoms with Gasteiger partial charge in [-0.2, -0.15) is 4.31 Å². The molecule has 0 unspecified atom stereocenters. The first-order valence-electron chi connectivity index (χ1n) is 15.3. The maximum atomic E-state index is 13.2. The first kappa shape index (κ1) is 33.6. The van der Waals surface area contributed by atoms with E-state index >= 15 is 0 Å². The van der Waals surface area contributed by atoms with E-state index in [9.17, 15) is 18.0 Å². The lowest BCUT2D eigenvalue weighted by molar-refractivity contribution is -0.154. The topological polar surface area (TPSA) is 102 Å². The summed E-state index contributed by atoms with van der Waals surface area (Å²) >= 11 is 0. The van der Waals surface area contributed by atoms with Gasteiger partial charge in [-0.05, 0) is 49.4 Å². The van der Waals surface area contributed by atoms with E-state index in [1.165, 1.54) is 25.7 Å². The number of carbonyl (C=O) groups excluding carboxylic acids is 2. The largest absolute Gasteiger partial charge is 0.459 e. The first-order valence-corrected chi connectivity index (χ1v) is 16.9. The number of nitrogens with one attached hydrogen (secondary N) is 1. The molecule has 0 saturated heterocycles. The molecule has 2 aromatic rings. The van der Waals surface area contributed by atoms with Gasteiger partial charge >= 0.3 is 12.1 Å². The van der Waals surface area contributed by atoms with Gasteiger partial charge in [0.05, 0.1) is 5.75 Å². The van der Waals surface area contributed by atoms with Crippen molar-refractivity contribution in [3.63, 3.8) is 0 Å².